The first-order valence-corrected chi connectivity index (χ1v) is 20.1. The Labute approximate surface area is 338 Å². The van der Waals surface area contributed by atoms with E-state index in [-0.39, 0.29) is 5.41 Å². The summed E-state index contributed by atoms with van der Waals surface area (Å²) in [5.74, 6) is 0. The van der Waals surface area contributed by atoms with Crippen LogP contribution in [0.25, 0.3) is 77.9 Å². The van der Waals surface area contributed by atoms with Crippen LogP contribution in [-0.2, 0) is 5.41 Å². The molecule has 1 aliphatic carbocycles. The molecular weight excluding hydrogens is 707 g/mol. The summed E-state index contributed by atoms with van der Waals surface area (Å²) in [7, 11) is 0. The number of hydrogen-bond acceptors (Lipinski definition) is 3. The number of nitrogens with zero attached hydrogens (tertiary/aromatic N) is 1. The molecule has 10 rings (SSSR count). The molecule has 2 heterocycles. The van der Waals surface area contributed by atoms with E-state index in [0.29, 0.717) is 0 Å². The number of furan rings is 2. The van der Waals surface area contributed by atoms with E-state index in [1.165, 1.54) is 27.5 Å². The summed E-state index contributed by atoms with van der Waals surface area (Å²) in [4.78, 5) is 2.28. The summed E-state index contributed by atoms with van der Waals surface area (Å²) in [6.45, 7) is 8.71. The van der Waals surface area contributed by atoms with Crippen molar-refractivity contribution < 1.29 is 8.83 Å². The van der Waals surface area contributed by atoms with Gasteiger partial charge in [0, 0.05) is 44.5 Å². The second-order valence-corrected chi connectivity index (χ2v) is 15.7. The Morgan fingerprint density at radius 1 is 0.638 bits per heavy atom. The maximum absolute atomic E-state index is 6.35. The normalized spacial score (nSPS) is 14.1. The van der Waals surface area contributed by atoms with Crippen molar-refractivity contribution in [1.82, 2.24) is 0 Å². The summed E-state index contributed by atoms with van der Waals surface area (Å²) >= 11 is 0. The van der Waals surface area contributed by atoms with E-state index in [0.717, 1.165) is 84.8 Å². The van der Waals surface area contributed by atoms with Crippen molar-refractivity contribution in [3.05, 3.63) is 211 Å². The van der Waals surface area contributed by atoms with Gasteiger partial charge in [-0.15, -0.1) is 0 Å². The minimum Gasteiger partial charge on any atom is -0.456 e. The Morgan fingerprint density at radius 3 is 2.16 bits per heavy atom. The molecule has 2 aromatic heterocycles. The lowest BCUT2D eigenvalue weighted by atomic mass is 9.80. The molecule has 0 saturated heterocycles. The number of fused-ring (bicyclic) bond motifs is 8. The molecule has 0 N–H and O–H groups in total. The van der Waals surface area contributed by atoms with Gasteiger partial charge in [-0.05, 0) is 118 Å². The van der Waals surface area contributed by atoms with Gasteiger partial charge in [0.05, 0.1) is 0 Å². The van der Waals surface area contributed by atoms with Gasteiger partial charge in [-0.1, -0.05) is 141 Å². The Hall–Kier alpha value is -7.10. The van der Waals surface area contributed by atoms with E-state index < -0.39 is 0 Å². The summed E-state index contributed by atoms with van der Waals surface area (Å²) in [6, 6.07) is 51.6. The number of benzene rings is 7. The SMILES string of the molecule is C=C/C=C\C(=C\c1ccc2oc3cc4ccccc4cc3c2c1)N(/C=C/CCC1=Cc2ccccc2C1(C)C)c1ccc(-c2ccc3c(c2)oc2ccccc23)cc1. The third-order valence-electron chi connectivity index (χ3n) is 11.8. The van der Waals surface area contributed by atoms with Crippen molar-refractivity contribution >= 4 is 72.5 Å². The van der Waals surface area contributed by atoms with Gasteiger partial charge in [-0.25, -0.2) is 0 Å². The standard InChI is InChI=1S/C55H43NO2/c1-4-5-18-45(31-37-22-29-52-48(32-37)49-34-39-14-6-7-15-40(39)35-54(49)58-52)56(30-13-12-17-43-33-42-16-8-10-20-50(42)55(43,2)3)44-26-23-38(24-27-44)41-25-28-47-46-19-9-11-21-51(46)57-53(47)36-41/h4-11,13-16,18-36H,1,12,17H2,2-3H3/b18-5-,30-13+,45-31-. The van der Waals surface area contributed by atoms with Crippen LogP contribution in [0.2, 0.25) is 0 Å². The Bertz CT molecular complexity index is 3160. The Balaban J connectivity index is 1.02. The number of allylic oxidation sites excluding steroid dienone is 5. The van der Waals surface area contributed by atoms with Crippen LogP contribution in [0.15, 0.2) is 203 Å². The van der Waals surface area contributed by atoms with Gasteiger partial charge < -0.3 is 13.7 Å². The van der Waals surface area contributed by atoms with E-state index in [9.17, 15) is 0 Å². The van der Waals surface area contributed by atoms with Crippen LogP contribution in [-0.4, -0.2) is 0 Å². The maximum atomic E-state index is 6.35. The van der Waals surface area contributed by atoms with Gasteiger partial charge in [0.2, 0.25) is 0 Å². The monoisotopic (exact) mass is 749 g/mol. The summed E-state index contributed by atoms with van der Waals surface area (Å²) in [5.41, 5.74) is 13.2. The molecular formula is C55H43NO2. The van der Waals surface area contributed by atoms with Crippen molar-refractivity contribution in [1.29, 1.82) is 0 Å². The molecule has 3 heteroatoms. The molecule has 280 valence electrons. The van der Waals surface area contributed by atoms with Crippen LogP contribution < -0.4 is 4.90 Å². The maximum Gasteiger partial charge on any atom is 0.136 e. The largest absolute Gasteiger partial charge is 0.456 e. The van der Waals surface area contributed by atoms with E-state index in [4.69, 9.17) is 8.83 Å². The highest BCUT2D eigenvalue weighted by molar-refractivity contribution is 6.10. The van der Waals surface area contributed by atoms with Crippen LogP contribution in [0, 0.1) is 0 Å². The highest BCUT2D eigenvalue weighted by Crippen LogP contribution is 2.43. The summed E-state index contributed by atoms with van der Waals surface area (Å²) in [5, 5.41) is 6.86. The number of para-hydroxylation sites is 1. The second kappa shape index (κ2) is 14.4. The van der Waals surface area contributed by atoms with Gasteiger partial charge in [0.25, 0.3) is 0 Å². The topological polar surface area (TPSA) is 29.5 Å². The van der Waals surface area contributed by atoms with Gasteiger partial charge in [-0.2, -0.15) is 0 Å². The molecule has 0 radical (unpaired) electrons. The third kappa shape index (κ3) is 6.35. The fraction of sp³-hybridized carbons (Fsp3) is 0.0909. The minimum atomic E-state index is 0.0191. The smallest absolute Gasteiger partial charge is 0.136 e. The zero-order valence-electron chi connectivity index (χ0n) is 32.8. The van der Waals surface area contributed by atoms with Crippen LogP contribution in [0.4, 0.5) is 5.69 Å². The predicted octanol–water partition coefficient (Wildman–Crippen LogP) is 15.6. The zero-order valence-corrected chi connectivity index (χ0v) is 32.8. The quantitative estimate of drug-likeness (QED) is 0.130. The molecule has 58 heavy (non-hydrogen) atoms. The van der Waals surface area contributed by atoms with Gasteiger partial charge in [-0.3, -0.25) is 0 Å². The zero-order chi connectivity index (χ0) is 39.2. The number of rotatable bonds is 10. The molecule has 0 unspecified atom stereocenters. The molecule has 0 spiro atoms. The van der Waals surface area contributed by atoms with Crippen LogP contribution in [0.1, 0.15) is 43.4 Å². The van der Waals surface area contributed by atoms with Crippen molar-refractivity contribution in [2.45, 2.75) is 32.1 Å². The second-order valence-electron chi connectivity index (χ2n) is 15.7. The van der Waals surface area contributed by atoms with Crippen molar-refractivity contribution in [3.63, 3.8) is 0 Å². The molecule has 0 atom stereocenters. The summed E-state index contributed by atoms with van der Waals surface area (Å²) < 4.78 is 12.6. The van der Waals surface area contributed by atoms with E-state index >= 15 is 0 Å². The Kier molecular flexibility index (Phi) is 8.79. The van der Waals surface area contributed by atoms with Gasteiger partial charge >= 0.3 is 0 Å². The first kappa shape index (κ1) is 35.3. The lowest BCUT2D eigenvalue weighted by molar-refractivity contribution is 0.609. The molecule has 7 aromatic carbocycles. The van der Waals surface area contributed by atoms with Gasteiger partial charge in [0.1, 0.15) is 22.3 Å². The third-order valence-corrected chi connectivity index (χ3v) is 11.8. The number of anilines is 1. The van der Waals surface area contributed by atoms with E-state index in [2.05, 4.69) is 189 Å². The fourth-order valence-corrected chi connectivity index (χ4v) is 8.68. The first-order valence-electron chi connectivity index (χ1n) is 20.1. The van der Waals surface area contributed by atoms with Crippen LogP contribution in [0.3, 0.4) is 0 Å². The predicted molar refractivity (Wildman–Crippen MR) is 246 cm³/mol. The molecule has 0 aliphatic heterocycles. The molecule has 0 saturated carbocycles. The van der Waals surface area contributed by atoms with Crippen molar-refractivity contribution in [2.75, 3.05) is 4.90 Å². The van der Waals surface area contributed by atoms with Gasteiger partial charge in [0.15, 0.2) is 0 Å². The highest BCUT2D eigenvalue weighted by atomic mass is 16.3. The molecule has 1 aliphatic rings. The van der Waals surface area contributed by atoms with Crippen molar-refractivity contribution in [2.24, 2.45) is 0 Å². The minimum absolute atomic E-state index is 0.0191. The highest BCUT2D eigenvalue weighted by Gasteiger charge is 2.31. The molecule has 3 nitrogen and oxygen atoms in total. The molecule has 0 amide bonds. The fourth-order valence-electron chi connectivity index (χ4n) is 8.68. The van der Waals surface area contributed by atoms with Crippen LogP contribution in [0.5, 0.6) is 0 Å². The average Bonchev–Trinajstić information content (AvgIpc) is 3.89. The summed E-state index contributed by atoms with van der Waals surface area (Å²) in [6.07, 6.45) is 17.0. The Morgan fingerprint density at radius 2 is 1.33 bits per heavy atom. The lowest BCUT2D eigenvalue weighted by Crippen LogP contribution is -2.17. The van der Waals surface area contributed by atoms with E-state index in [1.807, 2.05) is 24.3 Å². The lowest BCUT2D eigenvalue weighted by Gasteiger charge is -2.25. The average molecular weight is 750 g/mol. The first-order chi connectivity index (χ1) is 28.4. The number of hydrogen-bond donors (Lipinski definition) is 0. The molecule has 0 fully saturated rings. The molecule has 0 bridgehead atoms. The molecule has 9 aromatic rings. The van der Waals surface area contributed by atoms with E-state index in [1.54, 1.807) is 0 Å². The van der Waals surface area contributed by atoms with Crippen molar-refractivity contribution in [3.8, 4) is 11.1 Å². The van der Waals surface area contributed by atoms with Crippen LogP contribution >= 0.6 is 0 Å².